The number of nitrogens with zero attached hydrogens (tertiary/aromatic N) is 3. The van der Waals surface area contributed by atoms with Gasteiger partial charge in [-0.25, -0.2) is 4.98 Å². The van der Waals surface area contributed by atoms with E-state index in [2.05, 4.69) is 4.98 Å². The van der Waals surface area contributed by atoms with Crippen molar-refractivity contribution in [2.24, 2.45) is 0 Å². The molecule has 124 valence electrons. The van der Waals surface area contributed by atoms with Gasteiger partial charge >= 0.3 is 6.18 Å². The minimum Gasteiger partial charge on any atom is -0.364 e. The second kappa shape index (κ2) is 6.32. The predicted molar refractivity (Wildman–Crippen MR) is 82.1 cm³/mol. The maximum absolute atomic E-state index is 12.8. The quantitative estimate of drug-likeness (QED) is 0.583. The normalized spacial score (nSPS) is 11.6. The minimum atomic E-state index is -4.76. The zero-order chi connectivity index (χ0) is 17.4. The highest BCUT2D eigenvalue weighted by atomic mass is 35.5. The smallest absolute Gasteiger partial charge is 0.364 e. The first kappa shape index (κ1) is 17.5. The van der Waals surface area contributed by atoms with Crippen molar-refractivity contribution in [3.05, 3.63) is 48.9 Å². The molecule has 0 saturated carbocycles. The van der Waals surface area contributed by atoms with Gasteiger partial charge in [0.2, 0.25) is 0 Å². The third kappa shape index (κ3) is 3.91. The molecule has 0 saturated heterocycles. The summed E-state index contributed by atoms with van der Waals surface area (Å²) < 4.78 is 38.5. The summed E-state index contributed by atoms with van der Waals surface area (Å²) in [6, 6.07) is 1.43. The number of nitro benzene ring substituents is 1. The topological polar surface area (TPSA) is 59.3 Å². The van der Waals surface area contributed by atoms with Crippen molar-refractivity contribution < 1.29 is 18.1 Å². The molecule has 0 spiro atoms. The van der Waals surface area contributed by atoms with Crippen LogP contribution in [0.1, 0.15) is 15.4 Å². The van der Waals surface area contributed by atoms with E-state index in [0.717, 1.165) is 16.0 Å². The Morgan fingerprint density at radius 1 is 1.43 bits per heavy atom. The lowest BCUT2D eigenvalue weighted by molar-refractivity contribution is -0.384. The minimum absolute atomic E-state index is 0.0130. The highest BCUT2D eigenvalue weighted by Gasteiger charge is 2.36. The first-order chi connectivity index (χ1) is 10.6. The van der Waals surface area contributed by atoms with Gasteiger partial charge in [-0.2, -0.15) is 13.2 Å². The number of hydrogen-bond acceptors (Lipinski definition) is 5. The molecule has 0 atom stereocenters. The number of hydrogen-bond donors (Lipinski definition) is 0. The number of halogens is 4. The first-order valence-electron chi connectivity index (χ1n) is 6.27. The Morgan fingerprint density at radius 3 is 2.57 bits per heavy atom. The number of alkyl halides is 3. The van der Waals surface area contributed by atoms with E-state index < -0.39 is 27.4 Å². The Kier molecular flexibility index (Phi) is 4.81. The molecule has 2 aromatic rings. The van der Waals surface area contributed by atoms with Crippen molar-refractivity contribution in [1.29, 1.82) is 0 Å². The summed E-state index contributed by atoms with van der Waals surface area (Å²) in [6.07, 6.45) is -3.14. The van der Waals surface area contributed by atoms with Gasteiger partial charge in [0.25, 0.3) is 5.69 Å². The molecule has 0 N–H and O–H groups in total. The lowest BCUT2D eigenvalue weighted by atomic mass is 10.1. The van der Waals surface area contributed by atoms with Crippen LogP contribution in [0.4, 0.5) is 24.5 Å². The molecule has 0 bridgehead atoms. The monoisotopic (exact) mass is 365 g/mol. The van der Waals surface area contributed by atoms with E-state index in [1.807, 2.05) is 6.92 Å². The van der Waals surface area contributed by atoms with E-state index in [1.165, 1.54) is 16.2 Å². The molecule has 0 radical (unpaired) electrons. The number of benzene rings is 1. The summed E-state index contributed by atoms with van der Waals surface area (Å²) in [5, 5.41) is 11.4. The van der Waals surface area contributed by atoms with Crippen LogP contribution in [0, 0.1) is 17.0 Å². The van der Waals surface area contributed by atoms with E-state index in [-0.39, 0.29) is 12.2 Å². The summed E-state index contributed by atoms with van der Waals surface area (Å²) >= 11 is 7.06. The average molecular weight is 366 g/mol. The molecule has 23 heavy (non-hydrogen) atoms. The van der Waals surface area contributed by atoms with E-state index in [1.54, 1.807) is 13.2 Å². The fourth-order valence-electron chi connectivity index (χ4n) is 2.02. The molecular formula is C13H11ClF3N3O2S. The fourth-order valence-corrected chi connectivity index (χ4v) is 3.13. The van der Waals surface area contributed by atoms with Crippen LogP contribution in [0.2, 0.25) is 5.02 Å². The van der Waals surface area contributed by atoms with E-state index in [0.29, 0.717) is 6.07 Å². The van der Waals surface area contributed by atoms with Crippen molar-refractivity contribution in [1.82, 2.24) is 4.98 Å². The lowest BCUT2D eigenvalue weighted by Gasteiger charge is -2.20. The molecule has 1 aromatic heterocycles. The standard InChI is InChI=1S/C13H11ClF3N3O2S/c1-7-18-5-8(23-7)6-19(2)11-4-10(14)9(13(15,16)17)3-12(11)20(21)22/h3-5H,6H2,1-2H3. The van der Waals surface area contributed by atoms with Crippen molar-refractivity contribution in [2.45, 2.75) is 19.6 Å². The largest absolute Gasteiger partial charge is 0.418 e. The number of nitro groups is 1. The maximum atomic E-state index is 12.8. The van der Waals surface area contributed by atoms with Crippen molar-refractivity contribution in [3.8, 4) is 0 Å². The van der Waals surface area contributed by atoms with Crippen LogP contribution in [0.3, 0.4) is 0 Å². The molecule has 1 aromatic carbocycles. The lowest BCUT2D eigenvalue weighted by Crippen LogP contribution is -2.18. The van der Waals surface area contributed by atoms with Gasteiger partial charge in [-0.15, -0.1) is 11.3 Å². The fraction of sp³-hybridized carbons (Fsp3) is 0.308. The second-order valence-electron chi connectivity index (χ2n) is 4.78. The van der Waals surface area contributed by atoms with Crippen LogP contribution >= 0.6 is 22.9 Å². The van der Waals surface area contributed by atoms with E-state index in [9.17, 15) is 23.3 Å². The Hall–Kier alpha value is -1.87. The number of thiazole rings is 1. The molecule has 10 heteroatoms. The van der Waals surface area contributed by atoms with Crippen LogP contribution < -0.4 is 4.90 Å². The van der Waals surface area contributed by atoms with Crippen LogP contribution in [0.25, 0.3) is 0 Å². The Morgan fingerprint density at radius 2 is 2.09 bits per heavy atom. The highest BCUT2D eigenvalue weighted by molar-refractivity contribution is 7.11. The van der Waals surface area contributed by atoms with Crippen molar-refractivity contribution in [3.63, 3.8) is 0 Å². The molecule has 0 aliphatic heterocycles. The van der Waals surface area contributed by atoms with E-state index in [4.69, 9.17) is 11.6 Å². The molecule has 0 amide bonds. The zero-order valence-corrected chi connectivity index (χ0v) is 13.6. The van der Waals surface area contributed by atoms with Crippen LogP contribution in [-0.2, 0) is 12.7 Å². The molecule has 0 unspecified atom stereocenters. The van der Waals surface area contributed by atoms with E-state index >= 15 is 0 Å². The van der Waals surface area contributed by atoms with Crippen molar-refractivity contribution in [2.75, 3.05) is 11.9 Å². The molecule has 1 heterocycles. The number of rotatable bonds is 4. The van der Waals surface area contributed by atoms with Gasteiger partial charge in [0, 0.05) is 24.2 Å². The Balaban J connectivity index is 2.44. The van der Waals surface area contributed by atoms with Gasteiger partial charge in [0.1, 0.15) is 5.69 Å². The van der Waals surface area contributed by atoms with Gasteiger partial charge < -0.3 is 4.90 Å². The summed E-state index contributed by atoms with van der Waals surface area (Å²) in [6.45, 7) is 2.08. The zero-order valence-electron chi connectivity index (χ0n) is 12.0. The molecule has 5 nitrogen and oxygen atoms in total. The third-order valence-electron chi connectivity index (χ3n) is 3.04. The van der Waals surface area contributed by atoms with Gasteiger partial charge in [-0.3, -0.25) is 10.1 Å². The Bertz CT molecular complexity index is 749. The SMILES string of the molecule is Cc1ncc(CN(C)c2cc(Cl)c(C(F)(F)F)cc2[N+](=O)[O-])s1. The molecule has 0 fully saturated rings. The highest BCUT2D eigenvalue weighted by Crippen LogP contribution is 2.41. The maximum Gasteiger partial charge on any atom is 0.418 e. The number of anilines is 1. The second-order valence-corrected chi connectivity index (χ2v) is 6.50. The molecule has 0 aliphatic rings. The summed E-state index contributed by atoms with van der Waals surface area (Å²) in [5.74, 6) is 0. The van der Waals surface area contributed by atoms with Gasteiger partial charge in [0.05, 0.1) is 27.1 Å². The summed E-state index contributed by atoms with van der Waals surface area (Å²) in [7, 11) is 1.54. The Labute approximate surface area is 138 Å². The number of aryl methyl sites for hydroxylation is 1. The van der Waals surface area contributed by atoms with Gasteiger partial charge in [-0.05, 0) is 13.0 Å². The van der Waals surface area contributed by atoms with Gasteiger partial charge in [-0.1, -0.05) is 11.6 Å². The molecular weight excluding hydrogens is 355 g/mol. The van der Waals surface area contributed by atoms with Crippen LogP contribution in [0.15, 0.2) is 18.3 Å². The molecule has 0 aliphatic carbocycles. The van der Waals surface area contributed by atoms with Gasteiger partial charge in [0.15, 0.2) is 0 Å². The first-order valence-corrected chi connectivity index (χ1v) is 7.46. The average Bonchev–Trinajstić information content (AvgIpc) is 2.81. The van der Waals surface area contributed by atoms with Crippen LogP contribution in [0.5, 0.6) is 0 Å². The van der Waals surface area contributed by atoms with Crippen LogP contribution in [-0.4, -0.2) is 17.0 Å². The predicted octanol–water partition coefficient (Wildman–Crippen LogP) is 4.67. The summed E-state index contributed by atoms with van der Waals surface area (Å²) in [4.78, 5) is 16.6. The molecule has 2 rings (SSSR count). The van der Waals surface area contributed by atoms with Crippen molar-refractivity contribution >= 4 is 34.3 Å². The summed E-state index contributed by atoms with van der Waals surface area (Å²) in [5.41, 5.74) is -1.86. The number of aromatic nitrogens is 1. The third-order valence-corrected chi connectivity index (χ3v) is 4.25.